The molecule has 29 heavy (non-hydrogen) atoms. The van der Waals surface area contributed by atoms with Gasteiger partial charge in [-0.05, 0) is 48.5 Å². The third-order valence-electron chi connectivity index (χ3n) is 4.12. The van der Waals surface area contributed by atoms with Gasteiger partial charge < -0.3 is 9.73 Å². The van der Waals surface area contributed by atoms with Gasteiger partial charge in [-0.15, -0.1) is 0 Å². The molecule has 2 N–H and O–H groups in total. The Bertz CT molecular complexity index is 1250. The molecule has 0 spiro atoms. The second kappa shape index (κ2) is 7.82. The fourth-order valence-electron chi connectivity index (χ4n) is 2.64. The van der Waals surface area contributed by atoms with Crippen LogP contribution in [0.5, 0.6) is 0 Å². The van der Waals surface area contributed by atoms with E-state index >= 15 is 0 Å². The summed E-state index contributed by atoms with van der Waals surface area (Å²) in [5.41, 5.74) is 1.92. The molecule has 0 radical (unpaired) electrons. The predicted molar refractivity (Wildman–Crippen MR) is 107 cm³/mol. The standard InChI is InChI=1S/C20H16N4O4S/c25-20(19-13-21-17-5-1-2-6-18(17)24-19)23-14-7-9-16(10-8-14)29(26,27)22-12-15-4-3-11-28-15/h1-11,13,22H,12H2,(H,23,25). The number of nitrogens with zero attached hydrogens (tertiary/aromatic N) is 2. The van der Waals surface area contributed by atoms with E-state index < -0.39 is 15.9 Å². The molecule has 1 amide bonds. The van der Waals surface area contributed by atoms with Gasteiger partial charge in [0, 0.05) is 5.69 Å². The van der Waals surface area contributed by atoms with Gasteiger partial charge in [0.1, 0.15) is 11.5 Å². The first-order valence-electron chi connectivity index (χ1n) is 8.66. The minimum atomic E-state index is -3.70. The average Bonchev–Trinajstić information content (AvgIpc) is 3.26. The second-order valence-electron chi connectivity index (χ2n) is 6.13. The summed E-state index contributed by atoms with van der Waals surface area (Å²) in [4.78, 5) is 21.0. The van der Waals surface area contributed by atoms with Crippen molar-refractivity contribution in [2.45, 2.75) is 11.4 Å². The SMILES string of the molecule is O=C(Nc1ccc(S(=O)(=O)NCc2ccco2)cc1)c1cnc2ccccc2n1. The molecule has 8 nitrogen and oxygen atoms in total. The van der Waals surface area contributed by atoms with Crippen LogP contribution < -0.4 is 10.0 Å². The van der Waals surface area contributed by atoms with Crippen LogP contribution in [0.1, 0.15) is 16.2 Å². The summed E-state index contributed by atoms with van der Waals surface area (Å²) in [5, 5.41) is 2.68. The molecule has 0 fully saturated rings. The number of carbonyl (C=O) groups is 1. The molecule has 2 aromatic carbocycles. The fraction of sp³-hybridized carbons (Fsp3) is 0.0500. The number of nitrogens with one attached hydrogen (secondary N) is 2. The molecule has 9 heteroatoms. The number of hydrogen-bond donors (Lipinski definition) is 2. The van der Waals surface area contributed by atoms with Crippen LogP contribution in [0.4, 0.5) is 5.69 Å². The summed E-state index contributed by atoms with van der Waals surface area (Å²) < 4.78 is 32.3. The maximum atomic E-state index is 12.4. The van der Waals surface area contributed by atoms with Gasteiger partial charge in [0.05, 0.1) is 34.9 Å². The second-order valence-corrected chi connectivity index (χ2v) is 7.89. The molecule has 0 saturated carbocycles. The van der Waals surface area contributed by atoms with E-state index in [1.165, 1.54) is 36.7 Å². The van der Waals surface area contributed by atoms with Crippen LogP contribution in [-0.4, -0.2) is 24.3 Å². The van der Waals surface area contributed by atoms with Crippen molar-refractivity contribution in [2.75, 3.05) is 5.32 Å². The van der Waals surface area contributed by atoms with Gasteiger partial charge in [0.25, 0.3) is 5.91 Å². The summed E-state index contributed by atoms with van der Waals surface area (Å²) in [6.45, 7) is 0.0501. The van der Waals surface area contributed by atoms with E-state index in [0.717, 1.165) is 0 Å². The molecule has 4 rings (SSSR count). The molecular formula is C20H16N4O4S. The third-order valence-corrected chi connectivity index (χ3v) is 5.54. The molecule has 0 bridgehead atoms. The Hall–Kier alpha value is -3.56. The highest BCUT2D eigenvalue weighted by Crippen LogP contribution is 2.16. The van der Waals surface area contributed by atoms with Gasteiger partial charge in [-0.2, -0.15) is 0 Å². The van der Waals surface area contributed by atoms with E-state index in [0.29, 0.717) is 22.5 Å². The number of amides is 1. The molecule has 4 aromatic rings. The molecule has 0 aliphatic rings. The third kappa shape index (κ3) is 4.31. The van der Waals surface area contributed by atoms with Gasteiger partial charge in [0.15, 0.2) is 0 Å². The molecule has 2 aromatic heterocycles. The average molecular weight is 408 g/mol. The van der Waals surface area contributed by atoms with Crippen molar-refractivity contribution >= 4 is 32.7 Å². The lowest BCUT2D eigenvalue weighted by atomic mass is 10.3. The van der Waals surface area contributed by atoms with Gasteiger partial charge >= 0.3 is 0 Å². The Morgan fingerprint density at radius 2 is 1.72 bits per heavy atom. The minimum Gasteiger partial charge on any atom is -0.468 e. The number of carbonyl (C=O) groups excluding carboxylic acids is 1. The topological polar surface area (TPSA) is 114 Å². The fourth-order valence-corrected chi connectivity index (χ4v) is 3.64. The van der Waals surface area contributed by atoms with Crippen LogP contribution in [0, 0.1) is 0 Å². The van der Waals surface area contributed by atoms with E-state index in [2.05, 4.69) is 20.0 Å². The lowest BCUT2D eigenvalue weighted by Crippen LogP contribution is -2.23. The highest BCUT2D eigenvalue weighted by atomic mass is 32.2. The van der Waals surface area contributed by atoms with Crippen molar-refractivity contribution in [3.8, 4) is 0 Å². The van der Waals surface area contributed by atoms with Crippen molar-refractivity contribution in [1.82, 2.24) is 14.7 Å². The van der Waals surface area contributed by atoms with E-state index in [1.54, 1.807) is 18.2 Å². The maximum Gasteiger partial charge on any atom is 0.275 e. The first-order valence-corrected chi connectivity index (χ1v) is 10.1. The van der Waals surface area contributed by atoms with Crippen LogP contribution in [-0.2, 0) is 16.6 Å². The van der Waals surface area contributed by atoms with Gasteiger partial charge in [-0.3, -0.25) is 9.78 Å². The van der Waals surface area contributed by atoms with Gasteiger partial charge in [-0.1, -0.05) is 12.1 Å². The minimum absolute atomic E-state index is 0.0501. The first kappa shape index (κ1) is 18.8. The Labute approximate surface area is 166 Å². The van der Waals surface area contributed by atoms with Crippen LogP contribution in [0.3, 0.4) is 0 Å². The van der Waals surface area contributed by atoms with Crippen molar-refractivity contribution in [3.05, 3.63) is 84.6 Å². The molecule has 0 unspecified atom stereocenters. The smallest absolute Gasteiger partial charge is 0.275 e. The van der Waals surface area contributed by atoms with Crippen LogP contribution in [0.2, 0.25) is 0 Å². The Morgan fingerprint density at radius 3 is 2.45 bits per heavy atom. The highest BCUT2D eigenvalue weighted by Gasteiger charge is 2.15. The lowest BCUT2D eigenvalue weighted by molar-refractivity contribution is 0.102. The number of aromatic nitrogens is 2. The first-order chi connectivity index (χ1) is 14.0. The Balaban J connectivity index is 1.45. The summed E-state index contributed by atoms with van der Waals surface area (Å²) in [7, 11) is -3.70. The summed E-state index contributed by atoms with van der Waals surface area (Å²) in [5.74, 6) is 0.0729. The number of sulfonamides is 1. The number of para-hydroxylation sites is 2. The molecule has 0 aliphatic carbocycles. The van der Waals surface area contributed by atoms with Crippen molar-refractivity contribution in [2.24, 2.45) is 0 Å². The van der Waals surface area contributed by atoms with E-state index in [4.69, 9.17) is 4.42 Å². The number of fused-ring (bicyclic) bond motifs is 1. The van der Waals surface area contributed by atoms with E-state index in [1.807, 2.05) is 18.2 Å². The molecule has 0 atom stereocenters. The summed E-state index contributed by atoms with van der Waals surface area (Å²) in [6.07, 6.45) is 2.87. The number of anilines is 1. The van der Waals surface area contributed by atoms with Crippen LogP contribution in [0.15, 0.2) is 82.4 Å². The normalized spacial score (nSPS) is 11.4. The van der Waals surface area contributed by atoms with Crippen LogP contribution in [0.25, 0.3) is 11.0 Å². The largest absolute Gasteiger partial charge is 0.468 e. The number of benzene rings is 2. The number of rotatable bonds is 6. The Kier molecular flexibility index (Phi) is 5.07. The van der Waals surface area contributed by atoms with Crippen LogP contribution >= 0.6 is 0 Å². The van der Waals surface area contributed by atoms with Gasteiger partial charge in [-0.25, -0.2) is 18.1 Å². The molecule has 0 aliphatic heterocycles. The van der Waals surface area contributed by atoms with Crippen molar-refractivity contribution in [1.29, 1.82) is 0 Å². The highest BCUT2D eigenvalue weighted by molar-refractivity contribution is 7.89. The molecule has 2 heterocycles. The van der Waals surface area contributed by atoms with E-state index in [9.17, 15) is 13.2 Å². The zero-order valence-electron chi connectivity index (χ0n) is 15.1. The zero-order valence-corrected chi connectivity index (χ0v) is 15.9. The Morgan fingerprint density at radius 1 is 0.966 bits per heavy atom. The summed E-state index contributed by atoms with van der Waals surface area (Å²) in [6, 6.07) is 16.4. The quantitative estimate of drug-likeness (QED) is 0.507. The number of hydrogen-bond acceptors (Lipinski definition) is 6. The van der Waals surface area contributed by atoms with E-state index in [-0.39, 0.29) is 17.1 Å². The maximum absolute atomic E-state index is 12.4. The van der Waals surface area contributed by atoms with Crippen molar-refractivity contribution in [3.63, 3.8) is 0 Å². The molecule has 0 saturated heterocycles. The predicted octanol–water partition coefficient (Wildman–Crippen LogP) is 2.95. The molecular weight excluding hydrogens is 392 g/mol. The van der Waals surface area contributed by atoms with Gasteiger partial charge in [0.2, 0.25) is 10.0 Å². The zero-order chi connectivity index (χ0) is 20.3. The lowest BCUT2D eigenvalue weighted by Gasteiger charge is -2.08. The summed E-state index contributed by atoms with van der Waals surface area (Å²) >= 11 is 0. The molecule has 146 valence electrons. The van der Waals surface area contributed by atoms with Crippen molar-refractivity contribution < 1.29 is 17.6 Å². The number of furan rings is 1. The monoisotopic (exact) mass is 408 g/mol.